The van der Waals surface area contributed by atoms with Crippen molar-refractivity contribution in [2.24, 2.45) is 0 Å². The third-order valence-electron chi connectivity index (χ3n) is 6.74. The molecule has 0 unspecified atom stereocenters. The zero-order chi connectivity index (χ0) is 20.4. The monoisotopic (exact) mass is 393 g/mol. The number of carbonyl (C=O) groups is 1. The van der Waals surface area contributed by atoms with E-state index in [-0.39, 0.29) is 12.1 Å². The number of hydrogen-bond donors (Lipinski definition) is 1. The van der Waals surface area contributed by atoms with Gasteiger partial charge < -0.3 is 14.8 Å². The summed E-state index contributed by atoms with van der Waals surface area (Å²) < 4.78 is 0. The Kier molecular flexibility index (Phi) is 3.60. The standard InChI is InChI=1S/C26H23N3O/c1-16-8-7-13-22(17(16)2)29-23-12-6-4-10-20(23)26(30)28-15-14-19-18-9-3-5-11-21(18)27-24(19)25(28)29/h3-13,25,27H,14-15H2,1-2H3/t25-/m0/s1. The highest BCUT2D eigenvalue weighted by Gasteiger charge is 2.43. The first kappa shape index (κ1) is 17.3. The third-order valence-corrected chi connectivity index (χ3v) is 6.74. The summed E-state index contributed by atoms with van der Waals surface area (Å²) in [5.74, 6) is 0.112. The fourth-order valence-electron chi connectivity index (χ4n) is 5.11. The predicted molar refractivity (Wildman–Crippen MR) is 120 cm³/mol. The maximum Gasteiger partial charge on any atom is 0.257 e. The predicted octanol–water partition coefficient (Wildman–Crippen LogP) is 5.63. The molecule has 148 valence electrons. The molecule has 4 aromatic rings. The molecule has 0 aliphatic carbocycles. The molecule has 1 atom stereocenters. The molecule has 1 amide bonds. The van der Waals surface area contributed by atoms with Crippen molar-refractivity contribution in [2.45, 2.75) is 26.4 Å². The molecule has 1 aromatic heterocycles. The van der Waals surface area contributed by atoms with Crippen molar-refractivity contribution in [3.63, 3.8) is 0 Å². The topological polar surface area (TPSA) is 39.3 Å². The van der Waals surface area contributed by atoms with E-state index in [4.69, 9.17) is 0 Å². The van der Waals surface area contributed by atoms with Crippen LogP contribution in [0.15, 0.2) is 66.7 Å². The number of rotatable bonds is 1. The highest BCUT2D eigenvalue weighted by atomic mass is 16.2. The second-order valence-electron chi connectivity index (χ2n) is 8.29. The van der Waals surface area contributed by atoms with Crippen molar-refractivity contribution in [1.29, 1.82) is 0 Å². The van der Waals surface area contributed by atoms with E-state index in [9.17, 15) is 4.79 Å². The summed E-state index contributed by atoms with van der Waals surface area (Å²) in [6, 6.07) is 22.9. The van der Waals surface area contributed by atoms with Gasteiger partial charge in [0.15, 0.2) is 6.17 Å². The number of amides is 1. The van der Waals surface area contributed by atoms with Crippen LogP contribution < -0.4 is 4.90 Å². The van der Waals surface area contributed by atoms with Gasteiger partial charge in [0, 0.05) is 23.1 Å². The van der Waals surface area contributed by atoms with E-state index >= 15 is 0 Å². The van der Waals surface area contributed by atoms with Crippen molar-refractivity contribution in [2.75, 3.05) is 11.4 Å². The quantitative estimate of drug-likeness (QED) is 0.455. The highest BCUT2D eigenvalue weighted by molar-refractivity contribution is 6.04. The molecule has 0 radical (unpaired) electrons. The molecular formula is C26H23N3O. The molecule has 0 bridgehead atoms. The summed E-state index contributed by atoms with van der Waals surface area (Å²) in [4.78, 5) is 21.5. The molecule has 2 aliphatic heterocycles. The number of para-hydroxylation sites is 2. The van der Waals surface area contributed by atoms with E-state index in [1.807, 2.05) is 23.1 Å². The minimum Gasteiger partial charge on any atom is -0.355 e. The fraction of sp³-hybridized carbons (Fsp3) is 0.192. The van der Waals surface area contributed by atoms with E-state index in [0.717, 1.165) is 34.6 Å². The molecule has 0 saturated heterocycles. The van der Waals surface area contributed by atoms with Gasteiger partial charge in [0.05, 0.1) is 16.9 Å². The van der Waals surface area contributed by atoms with E-state index in [0.29, 0.717) is 6.54 Å². The number of benzene rings is 3. The van der Waals surface area contributed by atoms with Crippen LogP contribution in [0.4, 0.5) is 11.4 Å². The molecule has 0 fully saturated rings. The molecule has 3 heterocycles. The molecule has 2 aliphatic rings. The Morgan fingerprint density at radius 3 is 2.57 bits per heavy atom. The normalized spacial score (nSPS) is 17.7. The van der Waals surface area contributed by atoms with Crippen LogP contribution >= 0.6 is 0 Å². The summed E-state index contributed by atoms with van der Waals surface area (Å²) in [6.07, 6.45) is 0.689. The Labute approximate surface area is 175 Å². The van der Waals surface area contributed by atoms with Crippen LogP contribution in [0.5, 0.6) is 0 Å². The Morgan fingerprint density at radius 1 is 0.900 bits per heavy atom. The number of fused-ring (bicyclic) bond motifs is 6. The first-order valence-electron chi connectivity index (χ1n) is 10.5. The number of aromatic nitrogens is 1. The van der Waals surface area contributed by atoms with Gasteiger partial charge in [0.1, 0.15) is 0 Å². The van der Waals surface area contributed by atoms with E-state index < -0.39 is 0 Å². The zero-order valence-electron chi connectivity index (χ0n) is 17.1. The van der Waals surface area contributed by atoms with Crippen molar-refractivity contribution in [1.82, 2.24) is 9.88 Å². The van der Waals surface area contributed by atoms with Crippen molar-refractivity contribution in [3.05, 3.63) is 94.7 Å². The summed E-state index contributed by atoms with van der Waals surface area (Å²) in [5.41, 5.74) is 8.98. The van der Waals surface area contributed by atoms with Gasteiger partial charge in [-0.25, -0.2) is 0 Å². The number of anilines is 2. The number of aryl methyl sites for hydroxylation is 1. The molecule has 30 heavy (non-hydrogen) atoms. The molecule has 4 heteroatoms. The number of nitrogens with one attached hydrogen (secondary N) is 1. The number of H-pyrrole nitrogens is 1. The Bertz CT molecular complexity index is 1320. The Balaban J connectivity index is 1.67. The second-order valence-corrected chi connectivity index (χ2v) is 8.29. The molecular weight excluding hydrogens is 370 g/mol. The summed E-state index contributed by atoms with van der Waals surface area (Å²) in [6.45, 7) is 5.03. The lowest BCUT2D eigenvalue weighted by Crippen LogP contribution is -2.50. The third kappa shape index (κ3) is 2.25. The van der Waals surface area contributed by atoms with Crippen LogP contribution in [0, 0.1) is 13.8 Å². The lowest BCUT2D eigenvalue weighted by Gasteiger charge is -2.48. The van der Waals surface area contributed by atoms with Crippen molar-refractivity contribution in [3.8, 4) is 0 Å². The van der Waals surface area contributed by atoms with Gasteiger partial charge in [0.2, 0.25) is 0 Å². The molecule has 6 rings (SSSR count). The molecule has 3 aromatic carbocycles. The number of hydrogen-bond acceptors (Lipinski definition) is 2. The number of carbonyl (C=O) groups excluding carboxylic acids is 1. The second kappa shape index (κ2) is 6.23. The Hall–Kier alpha value is -3.53. The van der Waals surface area contributed by atoms with Crippen molar-refractivity contribution >= 4 is 28.2 Å². The van der Waals surface area contributed by atoms with Crippen LogP contribution in [0.3, 0.4) is 0 Å². The van der Waals surface area contributed by atoms with E-state index in [1.165, 1.54) is 22.1 Å². The zero-order valence-corrected chi connectivity index (χ0v) is 17.1. The molecule has 0 spiro atoms. The number of aromatic amines is 1. The van der Waals surface area contributed by atoms with Crippen LogP contribution in [-0.4, -0.2) is 22.3 Å². The Morgan fingerprint density at radius 2 is 1.67 bits per heavy atom. The minimum absolute atomic E-state index is 0.112. The highest BCUT2D eigenvalue weighted by Crippen LogP contribution is 2.48. The van der Waals surface area contributed by atoms with Gasteiger partial charge in [0.25, 0.3) is 5.91 Å². The molecule has 4 nitrogen and oxygen atoms in total. The van der Waals surface area contributed by atoms with Gasteiger partial charge in [-0.05, 0) is 61.2 Å². The first-order valence-corrected chi connectivity index (χ1v) is 10.5. The maximum atomic E-state index is 13.5. The van der Waals surface area contributed by atoms with Gasteiger partial charge in [-0.2, -0.15) is 0 Å². The SMILES string of the molecule is Cc1cccc(N2c3ccccc3C(=O)N3CCc4c([nH]c5ccccc45)[C@@H]32)c1C. The summed E-state index contributed by atoms with van der Waals surface area (Å²) >= 11 is 0. The van der Waals surface area contributed by atoms with E-state index in [1.54, 1.807) is 0 Å². The lowest BCUT2D eigenvalue weighted by atomic mass is 9.94. The maximum absolute atomic E-state index is 13.5. The average Bonchev–Trinajstić information content (AvgIpc) is 3.16. The lowest BCUT2D eigenvalue weighted by molar-refractivity contribution is 0.0642. The number of nitrogens with zero attached hydrogens (tertiary/aromatic N) is 2. The average molecular weight is 393 g/mol. The fourth-order valence-corrected chi connectivity index (χ4v) is 5.11. The van der Waals surface area contributed by atoms with Gasteiger partial charge >= 0.3 is 0 Å². The van der Waals surface area contributed by atoms with Crippen LogP contribution in [-0.2, 0) is 6.42 Å². The minimum atomic E-state index is -0.177. The first-order chi connectivity index (χ1) is 14.6. The summed E-state index contributed by atoms with van der Waals surface area (Å²) in [7, 11) is 0. The van der Waals surface area contributed by atoms with Gasteiger partial charge in [-0.1, -0.05) is 42.5 Å². The van der Waals surface area contributed by atoms with Crippen LogP contribution in [0.1, 0.15) is 38.9 Å². The smallest absolute Gasteiger partial charge is 0.257 e. The van der Waals surface area contributed by atoms with Gasteiger partial charge in [-0.15, -0.1) is 0 Å². The molecule has 1 N–H and O–H groups in total. The van der Waals surface area contributed by atoms with Gasteiger partial charge in [-0.3, -0.25) is 4.79 Å². The largest absolute Gasteiger partial charge is 0.355 e. The molecule has 0 saturated carbocycles. The van der Waals surface area contributed by atoms with Crippen molar-refractivity contribution < 1.29 is 4.79 Å². The van der Waals surface area contributed by atoms with E-state index in [2.05, 4.69) is 72.3 Å². The summed E-state index contributed by atoms with van der Waals surface area (Å²) in [5, 5.41) is 1.26. The van der Waals surface area contributed by atoms with Crippen LogP contribution in [0.25, 0.3) is 10.9 Å². The van der Waals surface area contributed by atoms with Crippen LogP contribution in [0.2, 0.25) is 0 Å².